The molecule has 2 aromatic rings. The van der Waals surface area contributed by atoms with Crippen molar-refractivity contribution < 1.29 is 9.90 Å². The van der Waals surface area contributed by atoms with E-state index in [-0.39, 0.29) is 0 Å². The van der Waals surface area contributed by atoms with E-state index in [2.05, 4.69) is 16.7 Å². The number of nitrogens with one attached hydrogen (secondary N) is 2. The first kappa shape index (κ1) is 13.7. The van der Waals surface area contributed by atoms with Crippen LogP contribution in [0.4, 0.5) is 10.5 Å². The normalized spacial score (nSPS) is 13.7. The number of rotatable bonds is 4. The molecule has 1 aliphatic carbocycles. The van der Waals surface area contributed by atoms with Gasteiger partial charge >= 0.3 is 6.09 Å². The molecule has 21 heavy (non-hydrogen) atoms. The van der Waals surface area contributed by atoms with Crippen molar-refractivity contribution in [3.63, 3.8) is 0 Å². The Morgan fingerprint density at radius 2 is 2.00 bits per heavy atom. The van der Waals surface area contributed by atoms with Gasteiger partial charge in [0.2, 0.25) is 0 Å². The molecule has 3 N–H and O–H groups in total. The van der Waals surface area contributed by atoms with Crippen LogP contribution in [0.3, 0.4) is 0 Å². The Labute approximate surface area is 123 Å². The number of hydrogen-bond acceptors (Lipinski definition) is 3. The van der Waals surface area contributed by atoms with Gasteiger partial charge in [-0.25, -0.2) is 4.79 Å². The summed E-state index contributed by atoms with van der Waals surface area (Å²) in [6, 6.07) is 8.12. The van der Waals surface area contributed by atoms with Crippen molar-refractivity contribution in [2.45, 2.75) is 25.7 Å². The topological polar surface area (TPSA) is 74.2 Å². The van der Waals surface area contributed by atoms with Crippen LogP contribution in [0, 0.1) is 0 Å². The number of aryl methyl sites for hydroxylation is 1. The lowest BCUT2D eigenvalue weighted by molar-refractivity contribution is 0.195. The van der Waals surface area contributed by atoms with E-state index >= 15 is 0 Å². The molecule has 1 aromatic carbocycles. The molecule has 0 atom stereocenters. The van der Waals surface area contributed by atoms with Gasteiger partial charge < -0.3 is 15.7 Å². The fourth-order valence-electron chi connectivity index (χ4n) is 2.93. The van der Waals surface area contributed by atoms with Crippen LogP contribution in [-0.4, -0.2) is 29.3 Å². The molecular weight excluding hydrogens is 266 g/mol. The lowest BCUT2D eigenvalue weighted by Crippen LogP contribution is -2.27. The van der Waals surface area contributed by atoms with Crippen LogP contribution in [0.1, 0.15) is 24.1 Å². The molecule has 110 valence electrons. The van der Waals surface area contributed by atoms with Crippen LogP contribution >= 0.6 is 0 Å². The van der Waals surface area contributed by atoms with Gasteiger partial charge in [-0.1, -0.05) is 18.2 Å². The van der Waals surface area contributed by atoms with Gasteiger partial charge in [-0.15, -0.1) is 0 Å². The number of amides is 1. The molecule has 0 radical (unpaired) electrons. The first-order valence-electron chi connectivity index (χ1n) is 7.37. The molecule has 0 unspecified atom stereocenters. The largest absolute Gasteiger partial charge is 0.465 e. The third-order valence-electron chi connectivity index (χ3n) is 3.87. The summed E-state index contributed by atoms with van der Waals surface area (Å²) in [5.41, 5.74) is 4.62. The molecular formula is C16H19N3O2. The maximum atomic E-state index is 10.5. The average Bonchev–Trinajstić information content (AvgIpc) is 2.50. The summed E-state index contributed by atoms with van der Waals surface area (Å²) in [5.74, 6) is 0. The Kier molecular flexibility index (Phi) is 3.90. The second kappa shape index (κ2) is 5.99. The summed E-state index contributed by atoms with van der Waals surface area (Å²) in [7, 11) is 0. The lowest BCUT2D eigenvalue weighted by atomic mass is 9.92. The molecule has 0 saturated heterocycles. The number of fused-ring (bicyclic) bond motifs is 2. The predicted octanol–water partition coefficient (Wildman–Crippen LogP) is 2.79. The van der Waals surface area contributed by atoms with Gasteiger partial charge in [-0.2, -0.15) is 0 Å². The Morgan fingerprint density at radius 1 is 1.19 bits per heavy atom. The summed E-state index contributed by atoms with van der Waals surface area (Å²) in [6.07, 6.45) is 3.47. The van der Waals surface area contributed by atoms with E-state index in [9.17, 15) is 4.79 Å². The molecule has 1 heterocycles. The molecule has 3 rings (SSSR count). The van der Waals surface area contributed by atoms with Crippen LogP contribution in [0.15, 0.2) is 24.3 Å². The predicted molar refractivity (Wildman–Crippen MR) is 82.9 cm³/mol. The second-order valence-electron chi connectivity index (χ2n) is 5.30. The van der Waals surface area contributed by atoms with Crippen molar-refractivity contribution >= 4 is 22.7 Å². The van der Waals surface area contributed by atoms with Crippen molar-refractivity contribution in [3.8, 4) is 0 Å². The van der Waals surface area contributed by atoms with Gasteiger partial charge in [-0.05, 0) is 37.3 Å². The SMILES string of the molecule is O=C(O)NCCNc1c2c(nc3ccccc13)CCCC2. The van der Waals surface area contributed by atoms with Gasteiger partial charge in [0.1, 0.15) is 0 Å². The maximum Gasteiger partial charge on any atom is 0.404 e. The highest BCUT2D eigenvalue weighted by Gasteiger charge is 2.17. The highest BCUT2D eigenvalue weighted by molar-refractivity contribution is 5.93. The van der Waals surface area contributed by atoms with Crippen molar-refractivity contribution in [1.82, 2.24) is 10.3 Å². The van der Waals surface area contributed by atoms with Crippen molar-refractivity contribution in [1.29, 1.82) is 0 Å². The third kappa shape index (κ3) is 2.91. The number of para-hydroxylation sites is 1. The van der Waals surface area contributed by atoms with E-state index in [1.165, 1.54) is 24.1 Å². The quantitative estimate of drug-likeness (QED) is 0.755. The minimum atomic E-state index is -0.988. The third-order valence-corrected chi connectivity index (χ3v) is 3.87. The Bertz CT molecular complexity index is 670. The lowest BCUT2D eigenvalue weighted by Gasteiger charge is -2.21. The fourth-order valence-corrected chi connectivity index (χ4v) is 2.93. The highest BCUT2D eigenvalue weighted by atomic mass is 16.4. The zero-order valence-corrected chi connectivity index (χ0v) is 11.9. The molecule has 0 spiro atoms. The van der Waals surface area contributed by atoms with Gasteiger partial charge in [0.15, 0.2) is 0 Å². The Hall–Kier alpha value is -2.30. The number of nitrogens with zero attached hydrogens (tertiary/aromatic N) is 1. The zero-order valence-electron chi connectivity index (χ0n) is 11.9. The second-order valence-corrected chi connectivity index (χ2v) is 5.30. The van der Waals surface area contributed by atoms with Crippen molar-refractivity contribution in [2.75, 3.05) is 18.4 Å². The van der Waals surface area contributed by atoms with Gasteiger partial charge in [0, 0.05) is 29.9 Å². The van der Waals surface area contributed by atoms with Crippen LogP contribution in [0.25, 0.3) is 10.9 Å². The molecule has 0 fully saturated rings. The number of pyridine rings is 1. The van der Waals surface area contributed by atoms with Crippen LogP contribution < -0.4 is 10.6 Å². The summed E-state index contributed by atoms with van der Waals surface area (Å²) in [4.78, 5) is 15.3. The monoisotopic (exact) mass is 285 g/mol. The summed E-state index contributed by atoms with van der Waals surface area (Å²) >= 11 is 0. The summed E-state index contributed by atoms with van der Waals surface area (Å²) in [5, 5.41) is 15.5. The van der Waals surface area contributed by atoms with E-state index in [1.807, 2.05) is 18.2 Å². The molecule has 0 bridgehead atoms. The minimum Gasteiger partial charge on any atom is -0.465 e. The smallest absolute Gasteiger partial charge is 0.404 e. The van der Waals surface area contributed by atoms with E-state index in [0.29, 0.717) is 13.1 Å². The van der Waals surface area contributed by atoms with Crippen LogP contribution in [-0.2, 0) is 12.8 Å². The molecule has 1 aromatic heterocycles. The molecule has 0 saturated carbocycles. The van der Waals surface area contributed by atoms with Gasteiger partial charge in [0.05, 0.1) is 5.52 Å². The first-order valence-corrected chi connectivity index (χ1v) is 7.37. The van der Waals surface area contributed by atoms with Crippen LogP contribution in [0.2, 0.25) is 0 Å². The van der Waals surface area contributed by atoms with Crippen LogP contribution in [0.5, 0.6) is 0 Å². The van der Waals surface area contributed by atoms with Crippen molar-refractivity contribution in [2.24, 2.45) is 0 Å². The minimum absolute atomic E-state index is 0.390. The van der Waals surface area contributed by atoms with E-state index < -0.39 is 6.09 Å². The summed E-state index contributed by atoms with van der Waals surface area (Å²) < 4.78 is 0. The van der Waals surface area contributed by atoms with Crippen molar-refractivity contribution in [3.05, 3.63) is 35.5 Å². The fraction of sp³-hybridized carbons (Fsp3) is 0.375. The molecule has 5 nitrogen and oxygen atoms in total. The Balaban J connectivity index is 1.92. The average molecular weight is 285 g/mol. The zero-order chi connectivity index (χ0) is 14.7. The highest BCUT2D eigenvalue weighted by Crippen LogP contribution is 2.32. The number of carbonyl (C=O) groups is 1. The maximum absolute atomic E-state index is 10.5. The molecule has 0 aliphatic heterocycles. The first-order chi connectivity index (χ1) is 10.3. The van der Waals surface area contributed by atoms with E-state index in [1.54, 1.807) is 0 Å². The number of aromatic nitrogens is 1. The number of hydrogen-bond donors (Lipinski definition) is 3. The van der Waals surface area contributed by atoms with E-state index in [0.717, 1.165) is 29.4 Å². The summed E-state index contributed by atoms with van der Waals surface area (Å²) in [6.45, 7) is 0.966. The van der Waals surface area contributed by atoms with E-state index in [4.69, 9.17) is 10.1 Å². The molecule has 1 amide bonds. The number of carboxylic acid groups (broad SMARTS) is 1. The number of anilines is 1. The molecule has 5 heteroatoms. The number of benzene rings is 1. The molecule has 1 aliphatic rings. The Morgan fingerprint density at radius 3 is 2.86 bits per heavy atom. The van der Waals surface area contributed by atoms with Gasteiger partial charge in [0.25, 0.3) is 0 Å². The standard InChI is InChI=1S/C16H19N3O2/c20-16(21)18-10-9-17-15-11-5-1-3-7-13(11)19-14-8-4-2-6-12(14)15/h1,3,5,7,18H,2,4,6,8-10H2,(H,17,19)(H,20,21). The van der Waals surface area contributed by atoms with Gasteiger partial charge in [-0.3, -0.25) is 4.98 Å².